The molecule has 5 rings (SSSR count). The number of ether oxygens (including phenoxy) is 1. The van der Waals surface area contributed by atoms with Crippen molar-refractivity contribution in [3.8, 4) is 11.1 Å². The van der Waals surface area contributed by atoms with Gasteiger partial charge in [0.05, 0.1) is 24.0 Å². The number of rotatable bonds is 5. The minimum absolute atomic E-state index is 0.398. The number of hydrogen-bond acceptors (Lipinski definition) is 6. The van der Waals surface area contributed by atoms with E-state index in [1.807, 2.05) is 40.6 Å². The van der Waals surface area contributed by atoms with Crippen LogP contribution in [0, 0.1) is 6.92 Å². The molecule has 1 aliphatic rings. The number of aromatic nitrogens is 6. The molecular formula is C21H25N7O. The summed E-state index contributed by atoms with van der Waals surface area (Å²) in [6.07, 6.45) is 14.3. The number of imidazole rings is 1. The van der Waals surface area contributed by atoms with Crippen molar-refractivity contribution in [2.75, 3.05) is 11.9 Å². The van der Waals surface area contributed by atoms with Crippen LogP contribution in [0.2, 0.25) is 0 Å². The molecule has 1 N–H and O–H groups in total. The SMILES string of the molecule is CCO[C@H]1CC[C@H](Nc2ncc3c(-c4cnc5ncc(C)n5c4)ccn3n2)CC1. The smallest absolute Gasteiger partial charge is 0.241 e. The van der Waals surface area contributed by atoms with E-state index >= 15 is 0 Å². The number of fused-ring (bicyclic) bond motifs is 2. The molecule has 8 heteroatoms. The lowest BCUT2D eigenvalue weighted by molar-refractivity contribution is 0.0346. The van der Waals surface area contributed by atoms with Crippen molar-refractivity contribution in [1.29, 1.82) is 0 Å². The summed E-state index contributed by atoms with van der Waals surface area (Å²) in [5.74, 6) is 1.37. The molecule has 4 aromatic rings. The standard InChI is InChI=1S/C21H25N7O/c1-3-29-17-6-4-16(5-7-17)25-20-22-12-19-18(8-9-28(19)26-20)15-11-24-21-23-10-14(2)27(21)13-15/h8-13,16-17H,3-7H2,1-2H3,(H,25,26)/t16-,17-. The molecule has 0 aliphatic heterocycles. The molecule has 8 nitrogen and oxygen atoms in total. The van der Waals surface area contributed by atoms with Gasteiger partial charge >= 0.3 is 0 Å². The van der Waals surface area contributed by atoms with Crippen LogP contribution in [0.25, 0.3) is 22.4 Å². The van der Waals surface area contributed by atoms with E-state index in [0.29, 0.717) is 23.9 Å². The highest BCUT2D eigenvalue weighted by Gasteiger charge is 2.22. The van der Waals surface area contributed by atoms with Crippen molar-refractivity contribution in [3.63, 3.8) is 0 Å². The van der Waals surface area contributed by atoms with Gasteiger partial charge in [-0.15, -0.1) is 5.10 Å². The van der Waals surface area contributed by atoms with Crippen LogP contribution in [0.5, 0.6) is 0 Å². The highest BCUT2D eigenvalue weighted by Crippen LogP contribution is 2.26. The molecule has 1 saturated carbocycles. The third kappa shape index (κ3) is 3.44. The van der Waals surface area contributed by atoms with Crippen LogP contribution >= 0.6 is 0 Å². The fraction of sp³-hybridized carbons (Fsp3) is 0.429. The van der Waals surface area contributed by atoms with E-state index in [9.17, 15) is 0 Å². The zero-order chi connectivity index (χ0) is 19.8. The number of anilines is 1. The zero-order valence-corrected chi connectivity index (χ0v) is 16.7. The highest BCUT2D eigenvalue weighted by atomic mass is 16.5. The van der Waals surface area contributed by atoms with E-state index < -0.39 is 0 Å². The van der Waals surface area contributed by atoms with Gasteiger partial charge in [0.2, 0.25) is 11.7 Å². The molecular weight excluding hydrogens is 366 g/mol. The molecule has 1 fully saturated rings. The Hall–Kier alpha value is -3.00. The number of nitrogens with one attached hydrogen (secondary N) is 1. The molecule has 4 aromatic heterocycles. The maximum Gasteiger partial charge on any atom is 0.241 e. The molecule has 0 radical (unpaired) electrons. The van der Waals surface area contributed by atoms with Crippen LogP contribution in [0.3, 0.4) is 0 Å². The summed E-state index contributed by atoms with van der Waals surface area (Å²) >= 11 is 0. The first-order chi connectivity index (χ1) is 14.2. The Kier molecular flexibility index (Phi) is 4.63. The first-order valence-corrected chi connectivity index (χ1v) is 10.2. The average Bonchev–Trinajstić information content (AvgIpc) is 3.33. The van der Waals surface area contributed by atoms with Gasteiger partial charge in [-0.25, -0.2) is 19.5 Å². The fourth-order valence-corrected chi connectivity index (χ4v) is 4.13. The molecule has 0 aromatic carbocycles. The summed E-state index contributed by atoms with van der Waals surface area (Å²) in [6, 6.07) is 2.45. The van der Waals surface area contributed by atoms with Gasteiger partial charge in [0.1, 0.15) is 0 Å². The van der Waals surface area contributed by atoms with Crippen molar-refractivity contribution in [3.05, 3.63) is 42.7 Å². The molecule has 150 valence electrons. The molecule has 0 atom stereocenters. The van der Waals surface area contributed by atoms with Crippen molar-refractivity contribution in [2.45, 2.75) is 51.7 Å². The Morgan fingerprint density at radius 1 is 1.10 bits per heavy atom. The lowest BCUT2D eigenvalue weighted by Crippen LogP contribution is -2.30. The van der Waals surface area contributed by atoms with E-state index in [1.165, 1.54) is 0 Å². The number of nitrogens with zero attached hydrogens (tertiary/aromatic N) is 6. The summed E-state index contributed by atoms with van der Waals surface area (Å²) in [6.45, 7) is 4.87. The second kappa shape index (κ2) is 7.44. The molecule has 0 amide bonds. The Bertz CT molecular complexity index is 1140. The molecule has 0 spiro atoms. The number of hydrogen-bond donors (Lipinski definition) is 1. The van der Waals surface area contributed by atoms with E-state index in [0.717, 1.165) is 54.6 Å². The lowest BCUT2D eigenvalue weighted by atomic mass is 9.93. The zero-order valence-electron chi connectivity index (χ0n) is 16.7. The third-order valence-electron chi connectivity index (χ3n) is 5.69. The molecule has 0 saturated heterocycles. The molecule has 1 aliphatic carbocycles. The van der Waals surface area contributed by atoms with Gasteiger partial charge in [0.25, 0.3) is 0 Å². The summed E-state index contributed by atoms with van der Waals surface area (Å²) in [5, 5.41) is 8.15. The van der Waals surface area contributed by atoms with Gasteiger partial charge < -0.3 is 10.1 Å². The van der Waals surface area contributed by atoms with E-state index in [-0.39, 0.29) is 0 Å². The maximum atomic E-state index is 5.74. The quantitative estimate of drug-likeness (QED) is 0.561. The van der Waals surface area contributed by atoms with Crippen molar-refractivity contribution >= 4 is 17.2 Å². The third-order valence-corrected chi connectivity index (χ3v) is 5.69. The van der Waals surface area contributed by atoms with Crippen LogP contribution in [0.1, 0.15) is 38.3 Å². The largest absolute Gasteiger partial charge is 0.379 e. The summed E-state index contributed by atoms with van der Waals surface area (Å²) in [4.78, 5) is 13.3. The topological polar surface area (TPSA) is 81.6 Å². The van der Waals surface area contributed by atoms with Gasteiger partial charge in [0.15, 0.2) is 0 Å². The predicted octanol–water partition coefficient (Wildman–Crippen LogP) is 3.51. The van der Waals surface area contributed by atoms with E-state index in [1.54, 1.807) is 0 Å². The van der Waals surface area contributed by atoms with Crippen LogP contribution < -0.4 is 5.32 Å². The Morgan fingerprint density at radius 3 is 2.76 bits per heavy atom. The lowest BCUT2D eigenvalue weighted by Gasteiger charge is -2.28. The molecule has 4 heterocycles. The molecule has 0 bridgehead atoms. The van der Waals surface area contributed by atoms with Crippen LogP contribution in [-0.2, 0) is 4.74 Å². The monoisotopic (exact) mass is 391 g/mol. The van der Waals surface area contributed by atoms with Gasteiger partial charge in [-0.1, -0.05) is 0 Å². The highest BCUT2D eigenvalue weighted by molar-refractivity contribution is 5.79. The Morgan fingerprint density at radius 2 is 1.93 bits per heavy atom. The van der Waals surface area contributed by atoms with Gasteiger partial charge in [-0.3, -0.25) is 4.40 Å². The first kappa shape index (κ1) is 18.1. The van der Waals surface area contributed by atoms with E-state index in [4.69, 9.17) is 4.74 Å². The molecule has 29 heavy (non-hydrogen) atoms. The normalized spacial score (nSPS) is 19.8. The second-order valence-corrected chi connectivity index (χ2v) is 7.63. The molecule has 0 unspecified atom stereocenters. The second-order valence-electron chi connectivity index (χ2n) is 7.63. The maximum absolute atomic E-state index is 5.74. The van der Waals surface area contributed by atoms with Crippen LogP contribution in [0.15, 0.2) is 37.1 Å². The minimum Gasteiger partial charge on any atom is -0.379 e. The van der Waals surface area contributed by atoms with Crippen molar-refractivity contribution in [1.82, 2.24) is 29.0 Å². The van der Waals surface area contributed by atoms with Crippen LogP contribution in [0.4, 0.5) is 5.95 Å². The summed E-state index contributed by atoms with van der Waals surface area (Å²) in [7, 11) is 0. The average molecular weight is 391 g/mol. The van der Waals surface area contributed by atoms with Gasteiger partial charge in [-0.05, 0) is 45.6 Å². The summed E-state index contributed by atoms with van der Waals surface area (Å²) < 4.78 is 9.61. The minimum atomic E-state index is 0.398. The van der Waals surface area contributed by atoms with Gasteiger partial charge in [-0.2, -0.15) is 0 Å². The fourth-order valence-electron chi connectivity index (χ4n) is 4.13. The predicted molar refractivity (Wildman–Crippen MR) is 111 cm³/mol. The van der Waals surface area contributed by atoms with Gasteiger partial charge in [0, 0.05) is 48.1 Å². The summed E-state index contributed by atoms with van der Waals surface area (Å²) in [5.41, 5.74) is 4.07. The first-order valence-electron chi connectivity index (χ1n) is 10.2. The van der Waals surface area contributed by atoms with Crippen molar-refractivity contribution < 1.29 is 4.74 Å². The van der Waals surface area contributed by atoms with E-state index in [2.05, 4.69) is 44.6 Å². The Balaban J connectivity index is 1.36. The van der Waals surface area contributed by atoms with Crippen LogP contribution in [-0.4, -0.2) is 47.7 Å². The van der Waals surface area contributed by atoms with Crippen molar-refractivity contribution in [2.24, 2.45) is 0 Å². The Labute approximate surface area is 169 Å². The number of aryl methyl sites for hydroxylation is 1.